The van der Waals surface area contributed by atoms with E-state index in [1.165, 1.54) is 6.92 Å². The van der Waals surface area contributed by atoms with Gasteiger partial charge in [-0.15, -0.1) is 0 Å². The number of halogens is 3. The van der Waals surface area contributed by atoms with Crippen molar-refractivity contribution in [1.82, 2.24) is 0 Å². The summed E-state index contributed by atoms with van der Waals surface area (Å²) in [6.07, 6.45) is -4.73. The van der Waals surface area contributed by atoms with Crippen LogP contribution in [0.5, 0.6) is 0 Å². The maximum Gasteiger partial charge on any atom is 0.404 e. The van der Waals surface area contributed by atoms with Crippen molar-refractivity contribution in [3.8, 4) is 0 Å². The van der Waals surface area contributed by atoms with Crippen LogP contribution in [0, 0.1) is 5.41 Å². The summed E-state index contributed by atoms with van der Waals surface area (Å²) in [5, 5.41) is 0. The first-order valence-corrected chi connectivity index (χ1v) is 10.3. The molecule has 1 fully saturated rings. The number of ether oxygens (including phenoxy) is 1. The molecule has 20 heavy (non-hydrogen) atoms. The van der Waals surface area contributed by atoms with Gasteiger partial charge in [0.2, 0.25) is 0 Å². The highest BCUT2D eigenvalue weighted by Gasteiger charge is 2.62. The molecule has 0 aromatic carbocycles. The molecule has 0 aromatic rings. The molecule has 0 N–H and O–H groups in total. The van der Waals surface area contributed by atoms with Crippen LogP contribution in [-0.4, -0.2) is 33.2 Å². The number of carbonyl (C=O) groups excluding carboxylic acids is 1. The summed E-state index contributed by atoms with van der Waals surface area (Å²) in [7, 11) is -1.78. The van der Waals surface area contributed by atoms with Crippen molar-refractivity contribution in [2.75, 3.05) is 6.61 Å². The molecule has 0 spiro atoms. The summed E-state index contributed by atoms with van der Waals surface area (Å²) in [4.78, 5) is 11.8. The zero-order valence-corrected chi connectivity index (χ0v) is 13.5. The second-order valence-corrected chi connectivity index (χ2v) is 10.7. The molecule has 3 nitrogen and oxygen atoms in total. The van der Waals surface area contributed by atoms with Gasteiger partial charge in [0, 0.05) is 6.10 Å². The quantitative estimate of drug-likeness (QED) is 0.583. The highest BCUT2D eigenvalue weighted by Crippen LogP contribution is 2.50. The van der Waals surface area contributed by atoms with Crippen LogP contribution in [0.2, 0.25) is 19.6 Å². The zero-order chi connectivity index (χ0) is 15.6. The Bertz CT molecular complexity index is 342. The van der Waals surface area contributed by atoms with Crippen molar-refractivity contribution < 1.29 is 27.1 Å². The molecule has 0 aromatic heterocycles. The average molecular weight is 312 g/mol. The van der Waals surface area contributed by atoms with Crippen LogP contribution in [0.4, 0.5) is 13.2 Å². The highest BCUT2D eigenvalue weighted by atomic mass is 28.4. The number of esters is 1. The third kappa shape index (κ3) is 3.97. The molecule has 0 saturated heterocycles. The van der Waals surface area contributed by atoms with Crippen molar-refractivity contribution in [1.29, 1.82) is 0 Å². The van der Waals surface area contributed by atoms with E-state index in [1.807, 2.05) is 19.6 Å². The van der Waals surface area contributed by atoms with Crippen LogP contribution in [0.15, 0.2) is 0 Å². The van der Waals surface area contributed by atoms with Crippen molar-refractivity contribution in [2.45, 2.75) is 64.5 Å². The van der Waals surface area contributed by atoms with Gasteiger partial charge in [-0.25, -0.2) is 0 Å². The molecule has 7 heteroatoms. The van der Waals surface area contributed by atoms with Crippen molar-refractivity contribution in [3.05, 3.63) is 0 Å². The summed E-state index contributed by atoms with van der Waals surface area (Å²) in [5.41, 5.74) is -2.34. The van der Waals surface area contributed by atoms with E-state index in [9.17, 15) is 18.0 Å². The number of alkyl halides is 3. The lowest BCUT2D eigenvalue weighted by Crippen LogP contribution is -2.50. The minimum Gasteiger partial charge on any atom is -0.465 e. The minimum absolute atomic E-state index is 0.0362. The van der Waals surface area contributed by atoms with Crippen LogP contribution < -0.4 is 0 Å². The Labute approximate surface area is 119 Å². The van der Waals surface area contributed by atoms with Gasteiger partial charge in [0.05, 0.1) is 6.61 Å². The van der Waals surface area contributed by atoms with Gasteiger partial charge in [-0.2, -0.15) is 13.2 Å². The van der Waals surface area contributed by atoms with Crippen molar-refractivity contribution in [2.24, 2.45) is 5.41 Å². The molecule has 118 valence electrons. The van der Waals surface area contributed by atoms with Crippen LogP contribution in [-0.2, 0) is 14.0 Å². The van der Waals surface area contributed by atoms with E-state index in [4.69, 9.17) is 4.43 Å². The van der Waals surface area contributed by atoms with Crippen LogP contribution >= 0.6 is 0 Å². The topological polar surface area (TPSA) is 35.5 Å². The van der Waals surface area contributed by atoms with Gasteiger partial charge in [-0.3, -0.25) is 4.79 Å². The lowest BCUT2D eigenvalue weighted by molar-refractivity contribution is -0.245. The Morgan fingerprint density at radius 2 is 1.75 bits per heavy atom. The first-order valence-electron chi connectivity index (χ1n) is 6.93. The largest absolute Gasteiger partial charge is 0.465 e. The van der Waals surface area contributed by atoms with Gasteiger partial charge in [-0.1, -0.05) is 0 Å². The van der Waals surface area contributed by atoms with E-state index < -0.39 is 25.9 Å². The Kier molecular flexibility index (Phi) is 5.29. The summed E-state index contributed by atoms with van der Waals surface area (Å²) in [5.74, 6) is -1.14. The number of hydrogen-bond donors (Lipinski definition) is 0. The zero-order valence-electron chi connectivity index (χ0n) is 12.5. The van der Waals surface area contributed by atoms with Crippen LogP contribution in [0.1, 0.15) is 32.6 Å². The van der Waals surface area contributed by atoms with Crippen LogP contribution in [0.3, 0.4) is 0 Å². The van der Waals surface area contributed by atoms with Gasteiger partial charge in [0.15, 0.2) is 13.7 Å². The Hall–Kier alpha value is -0.563. The van der Waals surface area contributed by atoms with Gasteiger partial charge < -0.3 is 9.16 Å². The van der Waals surface area contributed by atoms with E-state index in [2.05, 4.69) is 4.74 Å². The molecule has 1 saturated carbocycles. The van der Waals surface area contributed by atoms with Gasteiger partial charge in [-0.05, 0) is 52.2 Å². The molecule has 0 amide bonds. The number of rotatable bonds is 4. The SMILES string of the molecule is CCOC(=O)C1(C(F)(F)F)CCC(O[Si](C)(C)C)CC1. The molecular formula is C13H23F3O3Si. The molecule has 1 aliphatic carbocycles. The third-order valence-electron chi connectivity index (χ3n) is 3.52. The van der Waals surface area contributed by atoms with Gasteiger partial charge in [0.1, 0.15) is 0 Å². The third-order valence-corrected chi connectivity index (χ3v) is 4.56. The minimum atomic E-state index is -4.57. The second-order valence-electron chi connectivity index (χ2n) is 6.23. The fourth-order valence-electron chi connectivity index (χ4n) is 2.57. The van der Waals surface area contributed by atoms with Gasteiger partial charge >= 0.3 is 12.1 Å². The summed E-state index contributed by atoms with van der Waals surface area (Å²) in [6.45, 7) is 7.49. The lowest BCUT2D eigenvalue weighted by atomic mass is 9.72. The molecule has 0 radical (unpaired) electrons. The maximum atomic E-state index is 13.3. The van der Waals surface area contributed by atoms with E-state index in [0.29, 0.717) is 0 Å². The predicted octanol–water partition coefficient (Wildman–Crippen LogP) is 3.89. The number of hydrogen-bond acceptors (Lipinski definition) is 3. The molecule has 0 unspecified atom stereocenters. The molecular weight excluding hydrogens is 289 g/mol. The average Bonchev–Trinajstić information content (AvgIpc) is 2.26. The van der Waals surface area contributed by atoms with E-state index >= 15 is 0 Å². The first-order chi connectivity index (χ1) is 9.02. The summed E-state index contributed by atoms with van der Waals surface area (Å²) >= 11 is 0. The molecule has 1 rings (SSSR count). The first kappa shape index (κ1) is 17.5. The highest BCUT2D eigenvalue weighted by molar-refractivity contribution is 6.69. The van der Waals surface area contributed by atoms with E-state index in [0.717, 1.165) is 0 Å². The smallest absolute Gasteiger partial charge is 0.404 e. The molecule has 0 bridgehead atoms. The molecule has 0 heterocycles. The normalized spacial score (nSPS) is 28.2. The lowest BCUT2D eigenvalue weighted by Gasteiger charge is -2.40. The fraction of sp³-hybridized carbons (Fsp3) is 0.923. The Morgan fingerprint density at radius 3 is 2.10 bits per heavy atom. The number of carbonyl (C=O) groups is 1. The van der Waals surface area contributed by atoms with Gasteiger partial charge in [0.25, 0.3) is 0 Å². The van der Waals surface area contributed by atoms with Crippen LogP contribution in [0.25, 0.3) is 0 Å². The maximum absolute atomic E-state index is 13.3. The predicted molar refractivity (Wildman–Crippen MR) is 71.8 cm³/mol. The van der Waals surface area contributed by atoms with E-state index in [-0.39, 0.29) is 38.4 Å². The van der Waals surface area contributed by atoms with E-state index in [1.54, 1.807) is 0 Å². The summed E-state index contributed by atoms with van der Waals surface area (Å²) in [6, 6.07) is 0. The van der Waals surface area contributed by atoms with Crippen molar-refractivity contribution in [3.63, 3.8) is 0 Å². The Morgan fingerprint density at radius 1 is 1.25 bits per heavy atom. The van der Waals surface area contributed by atoms with Crippen molar-refractivity contribution >= 4 is 14.3 Å². The summed E-state index contributed by atoms with van der Waals surface area (Å²) < 4.78 is 50.4. The molecule has 0 atom stereocenters. The monoisotopic (exact) mass is 312 g/mol. The second kappa shape index (κ2) is 6.05. The Balaban J connectivity index is 2.80. The molecule has 0 aliphatic heterocycles. The fourth-order valence-corrected chi connectivity index (χ4v) is 3.81. The standard InChI is InChI=1S/C13H23F3O3Si/c1-5-18-11(17)12(13(14,15)16)8-6-10(7-9-12)19-20(2,3)4/h10H,5-9H2,1-4H3. The molecule has 1 aliphatic rings.